The van der Waals surface area contributed by atoms with E-state index >= 15 is 0 Å². The van der Waals surface area contributed by atoms with Gasteiger partial charge in [-0.05, 0) is 62.5 Å². The maximum atomic E-state index is 11.8. The predicted molar refractivity (Wildman–Crippen MR) is 155 cm³/mol. The Morgan fingerprint density at radius 2 is 1.97 bits per heavy atom. The number of hydrogen-bond donors (Lipinski definition) is 1. The van der Waals surface area contributed by atoms with Crippen molar-refractivity contribution in [3.8, 4) is 16.9 Å². The molecule has 0 unspecified atom stereocenters. The van der Waals surface area contributed by atoms with E-state index in [2.05, 4.69) is 39.4 Å². The van der Waals surface area contributed by atoms with Gasteiger partial charge in [-0.25, -0.2) is 23.4 Å². The number of rotatable bonds is 6. The number of fused-ring (bicyclic) bond motifs is 2. The minimum absolute atomic E-state index is 0.0958. The van der Waals surface area contributed by atoms with Gasteiger partial charge >= 0.3 is 0 Å². The lowest BCUT2D eigenvalue weighted by atomic mass is 9.76. The monoisotopic (exact) mass is 570 g/mol. The quantitative estimate of drug-likeness (QED) is 0.431. The van der Waals surface area contributed by atoms with Crippen LogP contribution in [0.4, 0.5) is 11.5 Å². The van der Waals surface area contributed by atoms with E-state index in [0.717, 1.165) is 65.3 Å². The first-order valence-corrected chi connectivity index (χ1v) is 15.3. The average Bonchev–Trinajstić information content (AvgIpc) is 3.05. The zero-order valence-electron chi connectivity index (χ0n) is 23.1. The van der Waals surface area contributed by atoms with Crippen molar-refractivity contribution in [2.24, 2.45) is 5.41 Å². The molecule has 2 aromatic heterocycles. The molecule has 1 aliphatic carbocycles. The fraction of sp³-hybridized carbons (Fsp3) is 0.464. The summed E-state index contributed by atoms with van der Waals surface area (Å²) >= 11 is 6.16. The average molecular weight is 571 g/mol. The molecule has 11 heteroatoms. The van der Waals surface area contributed by atoms with Crippen molar-refractivity contribution in [2.75, 3.05) is 43.1 Å². The molecule has 208 valence electrons. The largest absolute Gasteiger partial charge is 0.491 e. The highest BCUT2D eigenvalue weighted by Crippen LogP contribution is 2.39. The molecule has 3 heterocycles. The van der Waals surface area contributed by atoms with Crippen molar-refractivity contribution in [3.63, 3.8) is 0 Å². The number of halogens is 1. The maximum absolute atomic E-state index is 11.8. The molecule has 0 spiro atoms. The van der Waals surface area contributed by atoms with Crippen LogP contribution < -0.4 is 14.4 Å². The molecule has 0 fully saturated rings. The van der Waals surface area contributed by atoms with Crippen LogP contribution >= 0.6 is 11.6 Å². The van der Waals surface area contributed by atoms with Gasteiger partial charge in [-0.2, -0.15) is 0 Å². The fourth-order valence-electron chi connectivity index (χ4n) is 5.23. The van der Waals surface area contributed by atoms with Gasteiger partial charge in [0.2, 0.25) is 10.0 Å². The molecule has 0 atom stereocenters. The van der Waals surface area contributed by atoms with Gasteiger partial charge < -0.3 is 14.5 Å². The number of aryl methyl sites for hydroxylation is 1. The van der Waals surface area contributed by atoms with E-state index < -0.39 is 10.0 Å². The van der Waals surface area contributed by atoms with Gasteiger partial charge in [-0.3, -0.25) is 4.72 Å². The van der Waals surface area contributed by atoms with Crippen molar-refractivity contribution in [1.29, 1.82) is 0 Å². The lowest BCUT2D eigenvalue weighted by molar-refractivity contribution is 0.308. The summed E-state index contributed by atoms with van der Waals surface area (Å²) in [4.78, 5) is 18.7. The first-order valence-electron chi connectivity index (χ1n) is 13.0. The van der Waals surface area contributed by atoms with Crippen LogP contribution in [0.25, 0.3) is 11.1 Å². The van der Waals surface area contributed by atoms with E-state index in [0.29, 0.717) is 26.2 Å². The number of nitrogens with one attached hydrogen (secondary N) is 1. The van der Waals surface area contributed by atoms with E-state index in [1.807, 2.05) is 26.2 Å². The van der Waals surface area contributed by atoms with Crippen LogP contribution in [0.5, 0.6) is 5.75 Å². The third kappa shape index (κ3) is 6.45. The summed E-state index contributed by atoms with van der Waals surface area (Å²) < 4.78 is 32.2. The lowest BCUT2D eigenvalue weighted by Crippen LogP contribution is -2.32. The Labute approximate surface area is 235 Å². The van der Waals surface area contributed by atoms with Crippen LogP contribution in [-0.4, -0.2) is 61.8 Å². The standard InChI is InChI=1S/C28H35ClN6O3S/c1-28(2)9-8-22-21(14-28)27(32-25(31-22)17-34(3)4)35-10-11-38-24-7-6-18(12-20(24)16-35)19-13-23(26(29)30-15-19)33-39(5,36)37/h6-7,12-13,15,33H,8-11,14,16-17H2,1-5H3. The smallest absolute Gasteiger partial charge is 0.229 e. The van der Waals surface area contributed by atoms with Crippen LogP contribution in [-0.2, 0) is 36.0 Å². The molecule has 0 bridgehead atoms. The second-order valence-electron chi connectivity index (χ2n) is 11.5. The van der Waals surface area contributed by atoms with Crippen LogP contribution in [0.2, 0.25) is 5.15 Å². The first kappa shape index (κ1) is 27.6. The Bertz CT molecular complexity index is 1510. The summed E-state index contributed by atoms with van der Waals surface area (Å²) in [5.41, 5.74) is 5.50. The highest BCUT2D eigenvalue weighted by atomic mass is 35.5. The second-order valence-corrected chi connectivity index (χ2v) is 13.6. The zero-order chi connectivity index (χ0) is 27.9. The van der Waals surface area contributed by atoms with E-state index in [4.69, 9.17) is 26.3 Å². The second kappa shape index (κ2) is 10.6. The molecule has 0 saturated heterocycles. The van der Waals surface area contributed by atoms with Gasteiger partial charge in [0.25, 0.3) is 0 Å². The van der Waals surface area contributed by atoms with Crippen LogP contribution in [0.1, 0.15) is 42.9 Å². The van der Waals surface area contributed by atoms with Gasteiger partial charge in [-0.1, -0.05) is 31.5 Å². The number of ether oxygens (including phenoxy) is 1. The number of pyridine rings is 1. The Hall–Kier alpha value is -2.95. The van der Waals surface area contributed by atoms with Gasteiger partial charge in [0.05, 0.1) is 25.0 Å². The number of nitrogens with zero attached hydrogens (tertiary/aromatic N) is 5. The summed E-state index contributed by atoms with van der Waals surface area (Å²) in [6.45, 7) is 7.19. The summed E-state index contributed by atoms with van der Waals surface area (Å²) in [6.07, 6.45) is 5.73. The maximum Gasteiger partial charge on any atom is 0.229 e. The number of aromatic nitrogens is 3. The van der Waals surface area contributed by atoms with Crippen molar-refractivity contribution in [1.82, 2.24) is 19.9 Å². The fourth-order valence-corrected chi connectivity index (χ4v) is 5.99. The summed E-state index contributed by atoms with van der Waals surface area (Å²) in [5, 5.41) is 0.0958. The molecular weight excluding hydrogens is 536 g/mol. The molecular formula is C28H35ClN6O3S. The summed E-state index contributed by atoms with van der Waals surface area (Å²) in [7, 11) is 0.567. The Balaban J connectivity index is 1.52. The summed E-state index contributed by atoms with van der Waals surface area (Å²) in [5.74, 6) is 2.67. The predicted octanol–water partition coefficient (Wildman–Crippen LogP) is 4.54. The molecule has 0 radical (unpaired) electrons. The Kier molecular flexibility index (Phi) is 7.47. The number of sulfonamides is 1. The topological polar surface area (TPSA) is 101 Å². The summed E-state index contributed by atoms with van der Waals surface area (Å²) in [6, 6.07) is 7.68. The lowest BCUT2D eigenvalue weighted by Gasteiger charge is -2.34. The van der Waals surface area contributed by atoms with Crippen LogP contribution in [0.15, 0.2) is 30.5 Å². The Morgan fingerprint density at radius 3 is 2.72 bits per heavy atom. The number of hydrogen-bond acceptors (Lipinski definition) is 8. The molecule has 1 N–H and O–H groups in total. The highest BCUT2D eigenvalue weighted by Gasteiger charge is 2.31. The Morgan fingerprint density at radius 1 is 1.18 bits per heavy atom. The van der Waals surface area contributed by atoms with Gasteiger partial charge in [0, 0.05) is 35.1 Å². The van der Waals surface area contributed by atoms with Gasteiger partial charge in [-0.15, -0.1) is 0 Å². The van der Waals surface area contributed by atoms with E-state index in [1.165, 1.54) is 5.56 Å². The van der Waals surface area contributed by atoms with Crippen molar-refractivity contribution in [2.45, 2.75) is 46.2 Å². The number of benzene rings is 1. The minimum atomic E-state index is -3.50. The molecule has 0 saturated carbocycles. The molecule has 1 aromatic carbocycles. The van der Waals surface area contributed by atoms with Crippen molar-refractivity contribution in [3.05, 3.63) is 58.3 Å². The van der Waals surface area contributed by atoms with Crippen molar-refractivity contribution >= 4 is 33.1 Å². The van der Waals surface area contributed by atoms with E-state index in [9.17, 15) is 8.42 Å². The molecule has 2 aliphatic rings. The van der Waals surface area contributed by atoms with E-state index in [1.54, 1.807) is 12.3 Å². The minimum Gasteiger partial charge on any atom is -0.491 e. The van der Waals surface area contributed by atoms with Crippen LogP contribution in [0.3, 0.4) is 0 Å². The van der Waals surface area contributed by atoms with Gasteiger partial charge in [0.1, 0.15) is 24.0 Å². The highest BCUT2D eigenvalue weighted by molar-refractivity contribution is 7.92. The van der Waals surface area contributed by atoms with Crippen molar-refractivity contribution < 1.29 is 13.2 Å². The van der Waals surface area contributed by atoms with E-state index in [-0.39, 0.29) is 16.3 Å². The molecule has 1 aliphatic heterocycles. The molecule has 39 heavy (non-hydrogen) atoms. The third-order valence-electron chi connectivity index (χ3n) is 7.08. The van der Waals surface area contributed by atoms with Crippen LogP contribution in [0, 0.1) is 5.41 Å². The SMILES string of the molecule is CN(C)Cc1nc2c(c(N3CCOc4ccc(-c5cnc(Cl)c(NS(C)(=O)=O)c5)cc4C3)n1)CC(C)(C)CC2. The molecule has 9 nitrogen and oxygen atoms in total. The number of anilines is 2. The first-order chi connectivity index (χ1) is 18.4. The molecule has 0 amide bonds. The molecule has 3 aromatic rings. The van der Waals surface area contributed by atoms with Gasteiger partial charge in [0.15, 0.2) is 5.15 Å². The third-order valence-corrected chi connectivity index (χ3v) is 7.97. The molecule has 5 rings (SSSR count). The zero-order valence-corrected chi connectivity index (χ0v) is 24.7. The normalized spacial score (nSPS) is 16.7.